The molecule has 6 nitrogen and oxygen atoms in total. The molecular weight excluding hydrogens is 317 g/mol. The van der Waals surface area contributed by atoms with Crippen molar-refractivity contribution in [3.05, 3.63) is 46.1 Å². The highest BCUT2D eigenvalue weighted by Crippen LogP contribution is 2.30. The van der Waals surface area contributed by atoms with Crippen LogP contribution in [0.25, 0.3) is 0 Å². The minimum atomic E-state index is -0.554. The Morgan fingerprint density at radius 1 is 1.29 bits per heavy atom. The third-order valence-electron chi connectivity index (χ3n) is 2.49. The van der Waals surface area contributed by atoms with Crippen LogP contribution in [0.3, 0.4) is 0 Å². The van der Waals surface area contributed by atoms with Crippen molar-refractivity contribution in [2.24, 2.45) is 0 Å². The van der Waals surface area contributed by atoms with E-state index in [1.165, 1.54) is 30.5 Å². The molecule has 0 aliphatic carbocycles. The van der Waals surface area contributed by atoms with Crippen LogP contribution in [0.4, 0.5) is 11.5 Å². The van der Waals surface area contributed by atoms with Crippen LogP contribution in [0, 0.1) is 0 Å². The molecule has 1 heterocycles. The highest BCUT2D eigenvalue weighted by Gasteiger charge is 2.16. The monoisotopic (exact) mass is 325 g/mol. The first-order valence-corrected chi connectivity index (χ1v) is 6.42. The van der Waals surface area contributed by atoms with Crippen LogP contribution in [-0.4, -0.2) is 22.4 Å². The number of anilines is 2. The van der Waals surface area contributed by atoms with E-state index in [1.807, 2.05) is 0 Å². The Kier molecular flexibility index (Phi) is 4.62. The lowest BCUT2D eigenvalue weighted by Crippen LogP contribution is -2.15. The average Bonchev–Trinajstić information content (AvgIpc) is 2.44. The van der Waals surface area contributed by atoms with E-state index in [0.717, 1.165) is 0 Å². The van der Waals surface area contributed by atoms with E-state index < -0.39 is 5.91 Å². The lowest BCUT2D eigenvalue weighted by Gasteiger charge is -2.11. The first-order chi connectivity index (χ1) is 10.0. The number of hydrogen-bond donors (Lipinski definition) is 3. The molecule has 0 unspecified atom stereocenters. The standard InChI is InChI=1S/C13H9Cl2N3O3/c14-7-3-9(12(17-6-19)10(15)4-7)13(21)18-11-2-1-8(20)5-16-11/h1-6,20H,(H,17,19)(H,16,18,21). The van der Waals surface area contributed by atoms with E-state index in [4.69, 9.17) is 28.3 Å². The topological polar surface area (TPSA) is 91.3 Å². The van der Waals surface area contributed by atoms with Gasteiger partial charge in [-0.25, -0.2) is 4.98 Å². The Hall–Kier alpha value is -2.31. The highest BCUT2D eigenvalue weighted by molar-refractivity contribution is 6.38. The first kappa shape index (κ1) is 15.1. The maximum Gasteiger partial charge on any atom is 0.259 e. The smallest absolute Gasteiger partial charge is 0.259 e. The number of amides is 2. The van der Waals surface area contributed by atoms with Crippen LogP contribution in [0.1, 0.15) is 10.4 Å². The van der Waals surface area contributed by atoms with Crippen LogP contribution in [0.15, 0.2) is 30.5 Å². The summed E-state index contributed by atoms with van der Waals surface area (Å²) in [5.74, 6) is -0.352. The largest absolute Gasteiger partial charge is 0.506 e. The normalized spacial score (nSPS) is 10.0. The predicted molar refractivity (Wildman–Crippen MR) is 80.0 cm³/mol. The lowest BCUT2D eigenvalue weighted by molar-refractivity contribution is -0.105. The van der Waals surface area contributed by atoms with Crippen LogP contribution in [0.2, 0.25) is 10.0 Å². The Labute approximate surface area is 129 Å². The summed E-state index contributed by atoms with van der Waals surface area (Å²) in [6.45, 7) is 0. The number of nitrogens with one attached hydrogen (secondary N) is 2. The number of benzene rings is 1. The van der Waals surface area contributed by atoms with Crippen molar-refractivity contribution in [3.63, 3.8) is 0 Å². The second-order valence-corrected chi connectivity index (χ2v) is 4.77. The minimum absolute atomic E-state index is 0.0258. The van der Waals surface area contributed by atoms with Crippen LogP contribution in [0.5, 0.6) is 5.75 Å². The second kappa shape index (κ2) is 6.43. The van der Waals surface area contributed by atoms with E-state index in [2.05, 4.69) is 15.6 Å². The van der Waals surface area contributed by atoms with Gasteiger partial charge in [0.2, 0.25) is 6.41 Å². The fourth-order valence-electron chi connectivity index (χ4n) is 1.60. The van der Waals surface area contributed by atoms with Gasteiger partial charge in [0.05, 0.1) is 22.5 Å². The van der Waals surface area contributed by atoms with Crippen LogP contribution >= 0.6 is 23.2 Å². The molecule has 0 spiro atoms. The van der Waals surface area contributed by atoms with Crippen molar-refractivity contribution >= 4 is 47.0 Å². The Bertz CT molecular complexity index is 690. The van der Waals surface area contributed by atoms with E-state index in [0.29, 0.717) is 6.41 Å². The molecule has 2 rings (SSSR count). The second-order valence-electron chi connectivity index (χ2n) is 3.93. The summed E-state index contributed by atoms with van der Waals surface area (Å²) in [5.41, 5.74) is 0.238. The minimum Gasteiger partial charge on any atom is -0.506 e. The zero-order chi connectivity index (χ0) is 15.4. The van der Waals surface area contributed by atoms with Crippen LogP contribution < -0.4 is 10.6 Å². The van der Waals surface area contributed by atoms with E-state index >= 15 is 0 Å². The predicted octanol–water partition coefficient (Wildman–Crippen LogP) is 2.91. The third kappa shape index (κ3) is 3.62. The number of nitrogens with zero attached hydrogens (tertiary/aromatic N) is 1. The maximum absolute atomic E-state index is 12.2. The Balaban J connectivity index is 2.33. The van der Waals surface area contributed by atoms with Gasteiger partial charge in [0.15, 0.2) is 0 Å². The Morgan fingerprint density at radius 3 is 2.67 bits per heavy atom. The Morgan fingerprint density at radius 2 is 2.05 bits per heavy atom. The van der Waals surface area contributed by atoms with Gasteiger partial charge in [0.1, 0.15) is 11.6 Å². The number of pyridine rings is 1. The molecule has 3 N–H and O–H groups in total. The van der Waals surface area contributed by atoms with Crippen molar-refractivity contribution in [3.8, 4) is 5.75 Å². The third-order valence-corrected chi connectivity index (χ3v) is 3.01. The van der Waals surface area contributed by atoms with Gasteiger partial charge in [-0.2, -0.15) is 0 Å². The molecule has 0 bridgehead atoms. The summed E-state index contributed by atoms with van der Waals surface area (Å²) in [7, 11) is 0. The molecule has 0 aliphatic heterocycles. The molecule has 0 atom stereocenters. The number of aromatic nitrogens is 1. The quantitative estimate of drug-likeness (QED) is 0.754. The van der Waals surface area contributed by atoms with Crippen molar-refractivity contribution in [1.29, 1.82) is 0 Å². The first-order valence-electron chi connectivity index (χ1n) is 5.67. The summed E-state index contributed by atoms with van der Waals surface area (Å²) in [6.07, 6.45) is 1.59. The lowest BCUT2D eigenvalue weighted by atomic mass is 10.1. The highest BCUT2D eigenvalue weighted by atomic mass is 35.5. The molecule has 0 aliphatic rings. The summed E-state index contributed by atoms with van der Waals surface area (Å²) in [4.78, 5) is 26.6. The fraction of sp³-hybridized carbons (Fsp3) is 0. The molecule has 21 heavy (non-hydrogen) atoms. The van der Waals surface area contributed by atoms with Gasteiger partial charge in [-0.05, 0) is 24.3 Å². The zero-order valence-electron chi connectivity index (χ0n) is 10.4. The summed E-state index contributed by atoms with van der Waals surface area (Å²) < 4.78 is 0. The SMILES string of the molecule is O=CNc1c(Cl)cc(Cl)cc1C(=O)Nc1ccc(O)cn1. The van der Waals surface area contributed by atoms with Crippen LogP contribution in [-0.2, 0) is 4.79 Å². The maximum atomic E-state index is 12.2. The van der Waals surface area contributed by atoms with Crippen molar-refractivity contribution in [2.45, 2.75) is 0 Å². The number of hydrogen-bond acceptors (Lipinski definition) is 4. The van der Waals surface area contributed by atoms with Gasteiger partial charge in [0, 0.05) is 5.02 Å². The molecule has 1 aromatic heterocycles. The van der Waals surface area contributed by atoms with E-state index in [1.54, 1.807) is 0 Å². The van der Waals surface area contributed by atoms with Gasteiger partial charge >= 0.3 is 0 Å². The van der Waals surface area contributed by atoms with Gasteiger partial charge in [-0.3, -0.25) is 9.59 Å². The molecule has 108 valence electrons. The summed E-state index contributed by atoms with van der Waals surface area (Å²) in [5, 5.41) is 14.4. The number of rotatable bonds is 4. The van der Waals surface area contributed by atoms with Gasteiger partial charge in [-0.15, -0.1) is 0 Å². The summed E-state index contributed by atoms with van der Waals surface area (Å²) in [6, 6.07) is 5.57. The zero-order valence-corrected chi connectivity index (χ0v) is 11.9. The molecular formula is C13H9Cl2N3O3. The van der Waals surface area contributed by atoms with Crippen molar-refractivity contribution in [1.82, 2.24) is 4.98 Å². The number of carbonyl (C=O) groups is 2. The summed E-state index contributed by atoms with van der Waals surface area (Å²) >= 11 is 11.8. The van der Waals surface area contributed by atoms with E-state index in [-0.39, 0.29) is 32.9 Å². The molecule has 0 saturated heterocycles. The molecule has 0 radical (unpaired) electrons. The molecule has 0 fully saturated rings. The fourth-order valence-corrected chi connectivity index (χ4v) is 2.15. The molecule has 1 aromatic carbocycles. The number of aromatic hydroxyl groups is 1. The molecule has 2 aromatic rings. The van der Waals surface area contributed by atoms with Gasteiger partial charge in [-0.1, -0.05) is 23.2 Å². The number of halogens is 2. The molecule has 0 saturated carbocycles. The average molecular weight is 326 g/mol. The molecule has 8 heteroatoms. The van der Waals surface area contributed by atoms with E-state index in [9.17, 15) is 9.59 Å². The molecule has 2 amide bonds. The van der Waals surface area contributed by atoms with Gasteiger partial charge < -0.3 is 15.7 Å². The number of carbonyl (C=O) groups excluding carboxylic acids is 2. The van der Waals surface area contributed by atoms with Crippen molar-refractivity contribution in [2.75, 3.05) is 10.6 Å². The van der Waals surface area contributed by atoms with Gasteiger partial charge in [0.25, 0.3) is 5.91 Å². The van der Waals surface area contributed by atoms with Crippen molar-refractivity contribution < 1.29 is 14.7 Å².